The summed E-state index contributed by atoms with van der Waals surface area (Å²) in [4.78, 5) is 15.7. The maximum atomic E-state index is 11.6. The third kappa shape index (κ3) is 2.79. The van der Waals surface area contributed by atoms with Crippen molar-refractivity contribution in [2.24, 2.45) is 13.0 Å². The fraction of sp³-hybridized carbons (Fsp3) is 0.700. The lowest BCUT2D eigenvalue weighted by Gasteiger charge is -2.08. The van der Waals surface area contributed by atoms with E-state index in [0.29, 0.717) is 13.0 Å². The van der Waals surface area contributed by atoms with Crippen molar-refractivity contribution in [3.8, 4) is 0 Å². The van der Waals surface area contributed by atoms with Gasteiger partial charge in [0.25, 0.3) is 0 Å². The minimum absolute atomic E-state index is 0.136. The topological polar surface area (TPSA) is 71.8 Å². The molecule has 0 saturated carbocycles. The van der Waals surface area contributed by atoms with Crippen LogP contribution in [0.25, 0.3) is 0 Å². The highest BCUT2D eigenvalue weighted by Crippen LogP contribution is 2.06. The first kappa shape index (κ1) is 11.1. The second-order valence-corrected chi connectivity index (χ2v) is 4.07. The van der Waals surface area contributed by atoms with E-state index in [0.717, 1.165) is 25.3 Å². The van der Waals surface area contributed by atoms with Gasteiger partial charge in [-0.05, 0) is 13.0 Å². The van der Waals surface area contributed by atoms with Crippen LogP contribution >= 0.6 is 0 Å². The molecule has 0 aliphatic carbocycles. The molecule has 2 heterocycles. The molecule has 1 aromatic rings. The van der Waals surface area contributed by atoms with Gasteiger partial charge in [0.2, 0.25) is 5.91 Å². The highest BCUT2D eigenvalue weighted by atomic mass is 16.1. The molecule has 6 heteroatoms. The first-order chi connectivity index (χ1) is 7.75. The molecule has 2 rings (SSSR count). The fourth-order valence-corrected chi connectivity index (χ4v) is 1.82. The van der Waals surface area contributed by atoms with Gasteiger partial charge in [0.1, 0.15) is 6.33 Å². The lowest BCUT2D eigenvalue weighted by molar-refractivity contribution is -0.124. The maximum absolute atomic E-state index is 11.6. The summed E-state index contributed by atoms with van der Waals surface area (Å²) in [5, 5.41) is 10.2. The van der Waals surface area contributed by atoms with Crippen molar-refractivity contribution in [2.75, 3.05) is 19.6 Å². The number of amides is 1. The molecule has 1 unspecified atom stereocenters. The van der Waals surface area contributed by atoms with Gasteiger partial charge in [-0.3, -0.25) is 9.48 Å². The summed E-state index contributed by atoms with van der Waals surface area (Å²) in [6, 6.07) is 0. The Morgan fingerprint density at radius 1 is 1.75 bits per heavy atom. The number of nitrogens with one attached hydrogen (secondary N) is 2. The largest absolute Gasteiger partial charge is 0.355 e. The van der Waals surface area contributed by atoms with Crippen LogP contribution in [0.15, 0.2) is 6.33 Å². The third-order valence-corrected chi connectivity index (χ3v) is 2.73. The number of nitrogens with zero attached hydrogens (tertiary/aromatic N) is 3. The van der Waals surface area contributed by atoms with Gasteiger partial charge < -0.3 is 10.6 Å². The Morgan fingerprint density at radius 3 is 3.25 bits per heavy atom. The predicted octanol–water partition coefficient (Wildman–Crippen LogP) is -0.917. The Kier molecular flexibility index (Phi) is 3.51. The number of aryl methyl sites for hydroxylation is 1. The third-order valence-electron chi connectivity index (χ3n) is 2.73. The standard InChI is InChI=1S/C10H17N5O/c1-15-7-13-9(14-15)3-5-12-10(16)8-2-4-11-6-8/h7-8,11H,2-6H2,1H3,(H,12,16). The molecule has 1 amide bonds. The maximum Gasteiger partial charge on any atom is 0.224 e. The number of carbonyl (C=O) groups excluding carboxylic acids is 1. The molecule has 0 bridgehead atoms. The molecule has 0 aromatic carbocycles. The van der Waals surface area contributed by atoms with Crippen LogP contribution in [-0.2, 0) is 18.3 Å². The molecule has 16 heavy (non-hydrogen) atoms. The molecule has 6 nitrogen and oxygen atoms in total. The monoisotopic (exact) mass is 223 g/mol. The molecular weight excluding hydrogens is 206 g/mol. The summed E-state index contributed by atoms with van der Waals surface area (Å²) in [5.41, 5.74) is 0. The van der Waals surface area contributed by atoms with E-state index >= 15 is 0 Å². The van der Waals surface area contributed by atoms with Crippen molar-refractivity contribution in [1.82, 2.24) is 25.4 Å². The number of hydrogen-bond acceptors (Lipinski definition) is 4. The molecule has 1 atom stereocenters. The minimum Gasteiger partial charge on any atom is -0.355 e. The Hall–Kier alpha value is -1.43. The highest BCUT2D eigenvalue weighted by Gasteiger charge is 2.21. The number of hydrogen-bond donors (Lipinski definition) is 2. The molecule has 1 aliphatic rings. The van der Waals surface area contributed by atoms with Crippen LogP contribution < -0.4 is 10.6 Å². The van der Waals surface area contributed by atoms with Gasteiger partial charge >= 0.3 is 0 Å². The van der Waals surface area contributed by atoms with Crippen LogP contribution in [0.1, 0.15) is 12.2 Å². The van der Waals surface area contributed by atoms with Crippen molar-refractivity contribution in [2.45, 2.75) is 12.8 Å². The second kappa shape index (κ2) is 5.07. The van der Waals surface area contributed by atoms with Crippen LogP contribution in [0, 0.1) is 5.92 Å². The number of aromatic nitrogens is 3. The number of carbonyl (C=O) groups is 1. The first-order valence-corrected chi connectivity index (χ1v) is 5.58. The fourth-order valence-electron chi connectivity index (χ4n) is 1.82. The van der Waals surface area contributed by atoms with Crippen molar-refractivity contribution in [1.29, 1.82) is 0 Å². The van der Waals surface area contributed by atoms with Gasteiger partial charge in [-0.1, -0.05) is 0 Å². The summed E-state index contributed by atoms with van der Waals surface area (Å²) in [7, 11) is 1.83. The van der Waals surface area contributed by atoms with Crippen molar-refractivity contribution < 1.29 is 4.79 Å². The molecule has 88 valence electrons. The van der Waals surface area contributed by atoms with Gasteiger partial charge in [0.05, 0.1) is 5.92 Å². The van der Waals surface area contributed by atoms with Crippen LogP contribution in [0.2, 0.25) is 0 Å². The van der Waals surface area contributed by atoms with Crippen molar-refractivity contribution in [3.05, 3.63) is 12.2 Å². The van der Waals surface area contributed by atoms with E-state index in [-0.39, 0.29) is 11.8 Å². The Morgan fingerprint density at radius 2 is 2.62 bits per heavy atom. The highest BCUT2D eigenvalue weighted by molar-refractivity contribution is 5.79. The van der Waals surface area contributed by atoms with Crippen molar-refractivity contribution >= 4 is 5.91 Å². The van der Waals surface area contributed by atoms with E-state index in [1.165, 1.54) is 0 Å². The molecule has 0 spiro atoms. The van der Waals surface area contributed by atoms with E-state index in [1.54, 1.807) is 11.0 Å². The average Bonchev–Trinajstić information content (AvgIpc) is 2.89. The van der Waals surface area contributed by atoms with Crippen molar-refractivity contribution in [3.63, 3.8) is 0 Å². The van der Waals surface area contributed by atoms with Crippen LogP contribution in [0.4, 0.5) is 0 Å². The van der Waals surface area contributed by atoms with Gasteiger partial charge in [0, 0.05) is 26.6 Å². The number of rotatable bonds is 4. The van der Waals surface area contributed by atoms with E-state index < -0.39 is 0 Å². The quantitative estimate of drug-likeness (QED) is 0.692. The zero-order valence-corrected chi connectivity index (χ0v) is 9.44. The van der Waals surface area contributed by atoms with Gasteiger partial charge in [-0.25, -0.2) is 4.98 Å². The Labute approximate surface area is 94.4 Å². The SMILES string of the molecule is Cn1cnc(CCNC(=O)C2CCNC2)n1. The average molecular weight is 223 g/mol. The molecule has 1 saturated heterocycles. The minimum atomic E-state index is 0.136. The molecule has 1 aliphatic heterocycles. The zero-order chi connectivity index (χ0) is 11.4. The first-order valence-electron chi connectivity index (χ1n) is 5.58. The van der Waals surface area contributed by atoms with Crippen LogP contribution in [0.5, 0.6) is 0 Å². The van der Waals surface area contributed by atoms with Gasteiger partial charge in [-0.2, -0.15) is 5.10 Å². The molecule has 1 aromatic heterocycles. The predicted molar refractivity (Wildman–Crippen MR) is 58.7 cm³/mol. The summed E-state index contributed by atoms with van der Waals surface area (Å²) >= 11 is 0. The normalized spacial score (nSPS) is 19.9. The second-order valence-electron chi connectivity index (χ2n) is 4.07. The lowest BCUT2D eigenvalue weighted by Crippen LogP contribution is -2.33. The lowest BCUT2D eigenvalue weighted by atomic mass is 10.1. The summed E-state index contributed by atoms with van der Waals surface area (Å²) in [6.07, 6.45) is 3.29. The smallest absolute Gasteiger partial charge is 0.224 e. The summed E-state index contributed by atoms with van der Waals surface area (Å²) in [6.45, 7) is 2.35. The van der Waals surface area contributed by atoms with Gasteiger partial charge in [-0.15, -0.1) is 0 Å². The van der Waals surface area contributed by atoms with E-state index in [9.17, 15) is 4.79 Å². The molecule has 0 radical (unpaired) electrons. The molecular formula is C10H17N5O. The zero-order valence-electron chi connectivity index (χ0n) is 9.44. The summed E-state index contributed by atoms with van der Waals surface area (Å²) < 4.78 is 1.66. The Balaban J connectivity index is 1.69. The van der Waals surface area contributed by atoms with E-state index in [2.05, 4.69) is 20.7 Å². The summed E-state index contributed by atoms with van der Waals surface area (Å²) in [5.74, 6) is 1.05. The molecule has 2 N–H and O–H groups in total. The van der Waals surface area contributed by atoms with Crippen LogP contribution in [0.3, 0.4) is 0 Å². The molecule has 1 fully saturated rings. The Bertz CT molecular complexity index is 356. The van der Waals surface area contributed by atoms with E-state index in [4.69, 9.17) is 0 Å². The van der Waals surface area contributed by atoms with Gasteiger partial charge in [0.15, 0.2) is 5.82 Å². The van der Waals surface area contributed by atoms with E-state index in [1.807, 2.05) is 7.05 Å². The van der Waals surface area contributed by atoms with Crippen LogP contribution in [-0.4, -0.2) is 40.3 Å².